The Labute approximate surface area is 86.1 Å². The molecule has 0 saturated heterocycles. The van der Waals surface area contributed by atoms with Gasteiger partial charge in [-0.3, -0.25) is 0 Å². The molecule has 0 aliphatic carbocycles. The molecule has 14 heavy (non-hydrogen) atoms. The molecule has 0 saturated carbocycles. The first-order chi connectivity index (χ1) is 6.74. The van der Waals surface area contributed by atoms with E-state index in [1.165, 1.54) is 16.7 Å². The fraction of sp³-hybridized carbons (Fsp3) is 0.500. The standard InChI is InChI=1S/C12H19NO/c1-10-4-5-11(2)12(8-10)9-14-7-3-6-13/h4-5,8H,3,6-7,9,13H2,1-2H3. The van der Waals surface area contributed by atoms with E-state index >= 15 is 0 Å². The lowest BCUT2D eigenvalue weighted by Gasteiger charge is -2.07. The number of hydrogen-bond donors (Lipinski definition) is 1. The zero-order valence-corrected chi connectivity index (χ0v) is 9.05. The topological polar surface area (TPSA) is 35.2 Å². The zero-order valence-electron chi connectivity index (χ0n) is 9.05. The number of aryl methyl sites for hydroxylation is 2. The SMILES string of the molecule is Cc1ccc(C)c(COCCCN)c1. The van der Waals surface area contributed by atoms with Crippen LogP contribution in [0.2, 0.25) is 0 Å². The highest BCUT2D eigenvalue weighted by atomic mass is 16.5. The van der Waals surface area contributed by atoms with E-state index in [0.717, 1.165) is 13.0 Å². The van der Waals surface area contributed by atoms with Gasteiger partial charge in [-0.15, -0.1) is 0 Å². The first-order valence-electron chi connectivity index (χ1n) is 5.08. The quantitative estimate of drug-likeness (QED) is 0.727. The Morgan fingerprint density at radius 3 is 2.79 bits per heavy atom. The zero-order chi connectivity index (χ0) is 10.4. The molecule has 0 fully saturated rings. The summed E-state index contributed by atoms with van der Waals surface area (Å²) in [5, 5.41) is 0. The fourth-order valence-electron chi connectivity index (χ4n) is 1.32. The van der Waals surface area contributed by atoms with Crippen LogP contribution in [0.3, 0.4) is 0 Å². The lowest BCUT2D eigenvalue weighted by Crippen LogP contribution is -2.04. The summed E-state index contributed by atoms with van der Waals surface area (Å²) in [5.74, 6) is 0. The van der Waals surface area contributed by atoms with Crippen molar-refractivity contribution in [3.63, 3.8) is 0 Å². The molecular weight excluding hydrogens is 174 g/mol. The van der Waals surface area contributed by atoms with Gasteiger partial charge in [-0.05, 0) is 37.9 Å². The van der Waals surface area contributed by atoms with Gasteiger partial charge in [0, 0.05) is 6.61 Å². The lowest BCUT2D eigenvalue weighted by atomic mass is 10.1. The summed E-state index contributed by atoms with van der Waals surface area (Å²) >= 11 is 0. The van der Waals surface area contributed by atoms with Gasteiger partial charge in [-0.1, -0.05) is 23.8 Å². The highest BCUT2D eigenvalue weighted by Gasteiger charge is 1.98. The molecule has 0 spiro atoms. The largest absolute Gasteiger partial charge is 0.377 e. The maximum absolute atomic E-state index is 5.52. The van der Waals surface area contributed by atoms with Crippen LogP contribution in [0.5, 0.6) is 0 Å². The van der Waals surface area contributed by atoms with Crippen LogP contribution in [0.15, 0.2) is 18.2 Å². The highest BCUT2D eigenvalue weighted by Crippen LogP contribution is 2.11. The van der Waals surface area contributed by atoms with Gasteiger partial charge in [-0.25, -0.2) is 0 Å². The van der Waals surface area contributed by atoms with Crippen molar-refractivity contribution < 1.29 is 4.74 Å². The Kier molecular flexibility index (Phi) is 4.63. The molecule has 1 aromatic carbocycles. The molecule has 0 aliphatic heterocycles. The molecule has 2 heteroatoms. The molecular formula is C12H19NO. The fourth-order valence-corrected chi connectivity index (χ4v) is 1.32. The second-order valence-electron chi connectivity index (χ2n) is 3.62. The van der Waals surface area contributed by atoms with Gasteiger partial charge in [0.25, 0.3) is 0 Å². The molecule has 1 rings (SSSR count). The molecule has 0 bridgehead atoms. The number of benzene rings is 1. The molecule has 78 valence electrons. The van der Waals surface area contributed by atoms with Crippen LogP contribution in [0.1, 0.15) is 23.1 Å². The second-order valence-corrected chi connectivity index (χ2v) is 3.62. The molecule has 0 heterocycles. The number of nitrogens with two attached hydrogens (primary N) is 1. The Morgan fingerprint density at radius 1 is 1.29 bits per heavy atom. The van der Waals surface area contributed by atoms with E-state index in [1.54, 1.807) is 0 Å². The van der Waals surface area contributed by atoms with Crippen molar-refractivity contribution in [3.8, 4) is 0 Å². The third-order valence-corrected chi connectivity index (χ3v) is 2.25. The first-order valence-corrected chi connectivity index (χ1v) is 5.08. The second kappa shape index (κ2) is 5.78. The predicted octanol–water partition coefficient (Wildman–Crippen LogP) is 2.17. The smallest absolute Gasteiger partial charge is 0.0719 e. The van der Waals surface area contributed by atoms with Gasteiger partial charge in [-0.2, -0.15) is 0 Å². The minimum Gasteiger partial charge on any atom is -0.377 e. The third-order valence-electron chi connectivity index (χ3n) is 2.25. The highest BCUT2D eigenvalue weighted by molar-refractivity contribution is 5.29. The van der Waals surface area contributed by atoms with Crippen molar-refractivity contribution in [2.75, 3.05) is 13.2 Å². The van der Waals surface area contributed by atoms with E-state index in [9.17, 15) is 0 Å². The minimum atomic E-state index is 0.701. The van der Waals surface area contributed by atoms with Gasteiger partial charge < -0.3 is 10.5 Å². The summed E-state index contributed by atoms with van der Waals surface area (Å²) < 4.78 is 5.52. The first kappa shape index (κ1) is 11.2. The number of hydrogen-bond acceptors (Lipinski definition) is 2. The average molecular weight is 193 g/mol. The van der Waals surface area contributed by atoms with Crippen LogP contribution in [0, 0.1) is 13.8 Å². The molecule has 0 amide bonds. The summed E-state index contributed by atoms with van der Waals surface area (Å²) in [5.41, 5.74) is 9.24. The Bertz CT molecular complexity index is 284. The van der Waals surface area contributed by atoms with Crippen LogP contribution in [0.4, 0.5) is 0 Å². The summed E-state index contributed by atoms with van der Waals surface area (Å²) in [6.07, 6.45) is 0.935. The van der Waals surface area contributed by atoms with Gasteiger partial charge in [0.05, 0.1) is 6.61 Å². The van der Waals surface area contributed by atoms with Crippen molar-refractivity contribution in [1.82, 2.24) is 0 Å². The lowest BCUT2D eigenvalue weighted by molar-refractivity contribution is 0.119. The van der Waals surface area contributed by atoms with Crippen molar-refractivity contribution in [2.45, 2.75) is 26.9 Å². The minimum absolute atomic E-state index is 0.701. The average Bonchev–Trinajstić information content (AvgIpc) is 2.18. The molecule has 0 radical (unpaired) electrons. The summed E-state index contributed by atoms with van der Waals surface area (Å²) in [6.45, 7) is 6.37. The maximum Gasteiger partial charge on any atom is 0.0719 e. The van der Waals surface area contributed by atoms with Gasteiger partial charge in [0.15, 0.2) is 0 Å². The summed E-state index contributed by atoms with van der Waals surface area (Å²) in [6, 6.07) is 6.44. The van der Waals surface area contributed by atoms with Crippen molar-refractivity contribution in [3.05, 3.63) is 34.9 Å². The molecule has 0 atom stereocenters. The molecule has 0 aromatic heterocycles. The molecule has 0 aliphatic rings. The van der Waals surface area contributed by atoms with E-state index < -0.39 is 0 Å². The van der Waals surface area contributed by atoms with Crippen molar-refractivity contribution >= 4 is 0 Å². The van der Waals surface area contributed by atoms with E-state index in [2.05, 4.69) is 32.0 Å². The van der Waals surface area contributed by atoms with E-state index in [1.807, 2.05) is 0 Å². The Balaban J connectivity index is 2.45. The van der Waals surface area contributed by atoms with Crippen molar-refractivity contribution in [2.24, 2.45) is 5.73 Å². The molecule has 0 unspecified atom stereocenters. The van der Waals surface area contributed by atoms with Crippen molar-refractivity contribution in [1.29, 1.82) is 0 Å². The van der Waals surface area contributed by atoms with Crippen LogP contribution < -0.4 is 5.73 Å². The van der Waals surface area contributed by atoms with Crippen LogP contribution >= 0.6 is 0 Å². The third kappa shape index (κ3) is 3.48. The Hall–Kier alpha value is -0.860. The number of rotatable bonds is 5. The predicted molar refractivity (Wildman–Crippen MR) is 59.2 cm³/mol. The normalized spacial score (nSPS) is 10.5. The molecule has 2 nitrogen and oxygen atoms in total. The number of ether oxygens (including phenoxy) is 1. The summed E-state index contributed by atoms with van der Waals surface area (Å²) in [4.78, 5) is 0. The maximum atomic E-state index is 5.52. The van der Waals surface area contributed by atoms with Crippen LogP contribution in [-0.2, 0) is 11.3 Å². The summed E-state index contributed by atoms with van der Waals surface area (Å²) in [7, 11) is 0. The van der Waals surface area contributed by atoms with Gasteiger partial charge in [0.2, 0.25) is 0 Å². The van der Waals surface area contributed by atoms with Crippen LogP contribution in [-0.4, -0.2) is 13.2 Å². The molecule has 1 aromatic rings. The van der Waals surface area contributed by atoms with E-state index in [0.29, 0.717) is 13.2 Å². The Morgan fingerprint density at radius 2 is 2.07 bits per heavy atom. The van der Waals surface area contributed by atoms with Gasteiger partial charge >= 0.3 is 0 Å². The van der Waals surface area contributed by atoms with Gasteiger partial charge in [0.1, 0.15) is 0 Å². The molecule has 2 N–H and O–H groups in total. The van der Waals surface area contributed by atoms with E-state index in [-0.39, 0.29) is 0 Å². The van der Waals surface area contributed by atoms with E-state index in [4.69, 9.17) is 10.5 Å². The van der Waals surface area contributed by atoms with Crippen LogP contribution in [0.25, 0.3) is 0 Å². The monoisotopic (exact) mass is 193 g/mol.